The van der Waals surface area contributed by atoms with E-state index in [9.17, 15) is 18.0 Å². The maximum absolute atomic E-state index is 14.4. The van der Waals surface area contributed by atoms with Gasteiger partial charge in [0.2, 0.25) is 0 Å². The number of piperazine rings is 1. The fourth-order valence-electron chi connectivity index (χ4n) is 3.36. The summed E-state index contributed by atoms with van der Waals surface area (Å²) in [4.78, 5) is 17.1. The number of anilines is 1. The molecular formula is C20H19F3N4O. The van der Waals surface area contributed by atoms with Crippen LogP contribution in [0.1, 0.15) is 16.1 Å². The first-order valence-corrected chi connectivity index (χ1v) is 9.02. The smallest absolute Gasteiger partial charge is 0.267 e. The van der Waals surface area contributed by atoms with E-state index in [0.29, 0.717) is 16.8 Å². The van der Waals surface area contributed by atoms with Crippen molar-refractivity contribution in [3.63, 3.8) is 0 Å². The molecule has 0 spiro atoms. The summed E-state index contributed by atoms with van der Waals surface area (Å²) in [5.74, 6) is -2.80. The van der Waals surface area contributed by atoms with Crippen molar-refractivity contribution in [2.45, 2.75) is 6.54 Å². The third-order valence-corrected chi connectivity index (χ3v) is 4.86. The van der Waals surface area contributed by atoms with Gasteiger partial charge in [0.05, 0.1) is 5.69 Å². The van der Waals surface area contributed by atoms with E-state index < -0.39 is 17.5 Å². The molecule has 1 saturated heterocycles. The lowest BCUT2D eigenvalue weighted by molar-refractivity contribution is 0.0946. The van der Waals surface area contributed by atoms with Gasteiger partial charge in [0.25, 0.3) is 5.91 Å². The van der Waals surface area contributed by atoms with Crippen LogP contribution in [0.3, 0.4) is 0 Å². The van der Waals surface area contributed by atoms with Crippen LogP contribution < -0.4 is 15.5 Å². The van der Waals surface area contributed by atoms with Crippen LogP contribution in [0.2, 0.25) is 0 Å². The summed E-state index contributed by atoms with van der Waals surface area (Å²) in [5, 5.41) is 5.89. The molecule has 28 heavy (non-hydrogen) atoms. The number of benzene rings is 2. The number of rotatable bonds is 4. The van der Waals surface area contributed by atoms with Crippen molar-refractivity contribution in [3.8, 4) is 0 Å². The number of carbonyl (C=O) groups is 1. The fourth-order valence-corrected chi connectivity index (χ4v) is 3.36. The average Bonchev–Trinajstić information content (AvgIpc) is 3.15. The maximum atomic E-state index is 14.4. The number of carbonyl (C=O) groups excluding carboxylic acids is 1. The second-order valence-electron chi connectivity index (χ2n) is 6.71. The van der Waals surface area contributed by atoms with Crippen molar-refractivity contribution in [3.05, 3.63) is 65.1 Å². The molecule has 8 heteroatoms. The van der Waals surface area contributed by atoms with Gasteiger partial charge >= 0.3 is 0 Å². The Bertz CT molecular complexity index is 1030. The Labute approximate surface area is 159 Å². The molecule has 1 aliphatic heterocycles. The SMILES string of the molecule is O=C(NCc1ccc(N2CCNCC2)c(F)c1)c1cc2c(F)c(F)ccc2[nH]1. The normalized spacial score (nSPS) is 14.5. The number of aromatic nitrogens is 1. The van der Waals surface area contributed by atoms with Crippen molar-refractivity contribution in [2.24, 2.45) is 0 Å². The molecule has 1 amide bonds. The molecule has 1 aliphatic rings. The van der Waals surface area contributed by atoms with Gasteiger partial charge in [-0.25, -0.2) is 13.2 Å². The molecule has 0 bridgehead atoms. The molecule has 2 heterocycles. The van der Waals surface area contributed by atoms with Gasteiger partial charge in [-0.15, -0.1) is 0 Å². The molecule has 0 radical (unpaired) electrons. The summed E-state index contributed by atoms with van der Waals surface area (Å²) < 4.78 is 41.5. The largest absolute Gasteiger partial charge is 0.367 e. The number of hydrogen-bond donors (Lipinski definition) is 3. The van der Waals surface area contributed by atoms with Gasteiger partial charge in [-0.1, -0.05) is 6.07 Å². The summed E-state index contributed by atoms with van der Waals surface area (Å²) in [5.41, 5.74) is 1.59. The first kappa shape index (κ1) is 18.4. The van der Waals surface area contributed by atoms with E-state index in [1.54, 1.807) is 12.1 Å². The summed E-state index contributed by atoms with van der Waals surface area (Å²) in [6, 6.07) is 8.51. The van der Waals surface area contributed by atoms with E-state index in [2.05, 4.69) is 15.6 Å². The van der Waals surface area contributed by atoms with E-state index in [1.165, 1.54) is 18.2 Å². The van der Waals surface area contributed by atoms with Crippen molar-refractivity contribution in [1.29, 1.82) is 0 Å². The van der Waals surface area contributed by atoms with Crippen LogP contribution in [0.5, 0.6) is 0 Å². The highest BCUT2D eigenvalue weighted by Gasteiger charge is 2.16. The predicted octanol–water partition coefficient (Wildman–Crippen LogP) is 2.92. The minimum atomic E-state index is -1.00. The number of nitrogens with zero attached hydrogens (tertiary/aromatic N) is 1. The Morgan fingerprint density at radius 3 is 2.57 bits per heavy atom. The van der Waals surface area contributed by atoms with Crippen LogP contribution in [-0.2, 0) is 6.54 Å². The van der Waals surface area contributed by atoms with E-state index >= 15 is 0 Å². The molecule has 1 fully saturated rings. The van der Waals surface area contributed by atoms with Crippen molar-refractivity contribution >= 4 is 22.5 Å². The molecule has 3 aromatic rings. The Balaban J connectivity index is 1.44. The zero-order valence-corrected chi connectivity index (χ0v) is 15.0. The van der Waals surface area contributed by atoms with Crippen LogP contribution >= 0.6 is 0 Å². The molecule has 146 valence electrons. The molecule has 1 aromatic heterocycles. The maximum Gasteiger partial charge on any atom is 0.267 e. The lowest BCUT2D eigenvalue weighted by Crippen LogP contribution is -2.43. The predicted molar refractivity (Wildman–Crippen MR) is 101 cm³/mol. The number of amides is 1. The zero-order chi connectivity index (χ0) is 19.7. The highest BCUT2D eigenvalue weighted by Crippen LogP contribution is 2.22. The lowest BCUT2D eigenvalue weighted by atomic mass is 10.1. The molecule has 0 atom stereocenters. The van der Waals surface area contributed by atoms with Crippen LogP contribution in [0.15, 0.2) is 36.4 Å². The van der Waals surface area contributed by atoms with Gasteiger partial charge < -0.3 is 20.5 Å². The number of nitrogens with one attached hydrogen (secondary N) is 3. The van der Waals surface area contributed by atoms with E-state index in [4.69, 9.17) is 0 Å². The van der Waals surface area contributed by atoms with Gasteiger partial charge in [-0.3, -0.25) is 4.79 Å². The number of H-pyrrole nitrogens is 1. The summed E-state index contributed by atoms with van der Waals surface area (Å²) in [6.45, 7) is 3.22. The minimum Gasteiger partial charge on any atom is -0.367 e. The fraction of sp³-hybridized carbons (Fsp3) is 0.250. The quantitative estimate of drug-likeness (QED) is 0.644. The van der Waals surface area contributed by atoms with Crippen LogP contribution in [0, 0.1) is 17.5 Å². The lowest BCUT2D eigenvalue weighted by Gasteiger charge is -2.29. The Morgan fingerprint density at radius 1 is 1.04 bits per heavy atom. The van der Waals surface area contributed by atoms with Gasteiger partial charge in [0.15, 0.2) is 11.6 Å². The summed E-state index contributed by atoms with van der Waals surface area (Å²) in [7, 11) is 0. The molecular weight excluding hydrogens is 369 g/mol. The Kier molecular flexibility index (Phi) is 4.95. The molecule has 5 nitrogen and oxygen atoms in total. The molecule has 4 rings (SSSR count). The van der Waals surface area contributed by atoms with Crippen molar-refractivity contribution in [2.75, 3.05) is 31.1 Å². The first-order valence-electron chi connectivity index (χ1n) is 9.02. The summed E-state index contributed by atoms with van der Waals surface area (Å²) >= 11 is 0. The van der Waals surface area contributed by atoms with Crippen LogP contribution in [0.4, 0.5) is 18.9 Å². The Hall–Kier alpha value is -3.00. The number of halogens is 3. The van der Waals surface area contributed by atoms with Crippen molar-refractivity contribution in [1.82, 2.24) is 15.6 Å². The third-order valence-electron chi connectivity index (χ3n) is 4.86. The highest BCUT2D eigenvalue weighted by molar-refractivity contribution is 5.98. The molecule has 3 N–H and O–H groups in total. The van der Waals surface area contributed by atoms with Gasteiger partial charge in [-0.2, -0.15) is 0 Å². The monoisotopic (exact) mass is 388 g/mol. The molecule has 2 aromatic carbocycles. The van der Waals surface area contributed by atoms with Gasteiger partial charge in [0.1, 0.15) is 11.5 Å². The first-order chi connectivity index (χ1) is 13.5. The summed E-state index contributed by atoms with van der Waals surface area (Å²) in [6.07, 6.45) is 0. The van der Waals surface area contributed by atoms with Crippen LogP contribution in [0.25, 0.3) is 10.9 Å². The second kappa shape index (κ2) is 7.55. The molecule has 0 saturated carbocycles. The highest BCUT2D eigenvalue weighted by atomic mass is 19.2. The standard InChI is InChI=1S/C20H19F3N4O/c21-14-2-3-16-13(19(14)23)10-17(26-16)20(28)25-11-12-1-4-18(15(22)9-12)27-7-5-24-6-8-27/h1-4,9-10,24,26H,5-8,11H2,(H,25,28). The van der Waals surface area contributed by atoms with Crippen LogP contribution in [-0.4, -0.2) is 37.1 Å². The minimum absolute atomic E-state index is 0.0107. The second-order valence-corrected chi connectivity index (χ2v) is 6.71. The number of aromatic amines is 1. The van der Waals surface area contributed by atoms with Crippen molar-refractivity contribution < 1.29 is 18.0 Å². The van der Waals surface area contributed by atoms with Gasteiger partial charge in [-0.05, 0) is 35.9 Å². The van der Waals surface area contributed by atoms with Gasteiger partial charge in [0, 0.05) is 43.6 Å². The van der Waals surface area contributed by atoms with E-state index in [1.807, 2.05) is 4.90 Å². The average molecular weight is 388 g/mol. The third kappa shape index (κ3) is 3.55. The number of fused-ring (bicyclic) bond motifs is 1. The van der Waals surface area contributed by atoms with E-state index in [0.717, 1.165) is 32.2 Å². The molecule has 0 aliphatic carbocycles. The molecule has 0 unspecified atom stereocenters. The van der Waals surface area contributed by atoms with E-state index in [-0.39, 0.29) is 23.4 Å². The zero-order valence-electron chi connectivity index (χ0n) is 15.0. The Morgan fingerprint density at radius 2 is 1.82 bits per heavy atom. The topological polar surface area (TPSA) is 60.2 Å². The number of hydrogen-bond acceptors (Lipinski definition) is 3.